The number of carbonyl (C=O) groups is 15. The number of fused-ring (bicyclic) bond motifs is 4. The van der Waals surface area contributed by atoms with Crippen molar-refractivity contribution in [2.24, 2.45) is 23.7 Å². The van der Waals surface area contributed by atoms with Crippen LogP contribution in [0.4, 0.5) is 5.95 Å². The van der Waals surface area contributed by atoms with E-state index in [1.807, 2.05) is 48.5 Å². The fourth-order valence-corrected chi connectivity index (χ4v) is 18.9. The third-order valence-electron chi connectivity index (χ3n) is 22.8. The average Bonchev–Trinajstić information content (AvgIpc) is 1.61. The summed E-state index contributed by atoms with van der Waals surface area (Å²) in [5.74, 6) is -23.9. The van der Waals surface area contributed by atoms with Crippen molar-refractivity contribution in [1.82, 2.24) is 46.9 Å². The highest BCUT2D eigenvalue weighted by molar-refractivity contribution is 8.76. The van der Waals surface area contributed by atoms with E-state index in [9.17, 15) is 169 Å². The van der Waals surface area contributed by atoms with Crippen LogP contribution >= 0.6 is 44.7 Å². The number of hydrogen-bond donors (Lipinski definition) is 28. The lowest BCUT2D eigenvalue weighted by Gasteiger charge is -2.26. The van der Waals surface area contributed by atoms with Crippen LogP contribution in [0.5, 0.6) is 0 Å². The number of esters is 1. The molecule has 0 bridgehead atoms. The number of carboxylic acids is 4. The summed E-state index contributed by atoms with van der Waals surface area (Å²) in [7, 11) is 1.74. The molecular formula is C88H122N10O36S4. The molecule has 3 heterocycles. The normalized spacial score (nSPS) is 16.1. The minimum Gasteiger partial charge on any atom is -0.481 e. The van der Waals surface area contributed by atoms with Gasteiger partial charge in [-0.05, 0) is 98.2 Å². The maximum absolute atomic E-state index is 15.0. The van der Waals surface area contributed by atoms with Crippen LogP contribution < -0.4 is 43.2 Å². The molecule has 50 heteroatoms. The Hall–Kier alpha value is -10.3. The zero-order valence-corrected chi connectivity index (χ0v) is 78.2. The van der Waals surface area contributed by atoms with Gasteiger partial charge in [-0.3, -0.25) is 76.9 Å². The number of ketones is 4. The molecule has 0 saturated heterocycles. The predicted octanol–water partition coefficient (Wildman–Crippen LogP) is -4.02. The first-order valence-electron chi connectivity index (χ1n) is 44.3. The number of amides is 6. The van der Waals surface area contributed by atoms with E-state index < -0.39 is 351 Å². The largest absolute Gasteiger partial charge is 0.481 e. The van der Waals surface area contributed by atoms with Gasteiger partial charge < -0.3 is 144 Å². The van der Waals surface area contributed by atoms with Gasteiger partial charge in [-0.1, -0.05) is 70.1 Å². The smallest absolute Gasteiger partial charge is 0.327 e. The van der Waals surface area contributed by atoms with Gasteiger partial charge >= 0.3 is 29.8 Å². The fourth-order valence-electron chi connectivity index (χ4n) is 14.8. The molecule has 0 saturated carbocycles. The molecule has 0 fully saturated rings. The van der Waals surface area contributed by atoms with Crippen LogP contribution in [-0.4, -0.2) is 361 Å². The number of nitrogens with one attached hydrogen (secondary N) is 8. The number of carboxylic acid groups (broad SMARTS) is 4. The first-order chi connectivity index (χ1) is 65.4. The lowest BCUT2D eigenvalue weighted by Crippen LogP contribution is -2.50. The molecule has 0 radical (unpaired) electrons. The highest BCUT2D eigenvalue weighted by atomic mass is 33.1. The fraction of sp³-hybridized carbons (Fsp3) is 0.580. The van der Waals surface area contributed by atoms with E-state index in [1.54, 1.807) is 18.2 Å². The van der Waals surface area contributed by atoms with Crippen LogP contribution in [0.2, 0.25) is 0 Å². The molecule has 0 unspecified atom stereocenters. The van der Waals surface area contributed by atoms with Crippen LogP contribution in [0.1, 0.15) is 153 Å². The maximum atomic E-state index is 15.0. The summed E-state index contributed by atoms with van der Waals surface area (Å²) >= 11 is 2.60. The third kappa shape index (κ3) is 38.3. The number of aryl methyl sites for hydroxylation is 2. The van der Waals surface area contributed by atoms with E-state index >= 15 is 4.79 Å². The molecule has 1 aliphatic rings. The number of thioether (sulfide) groups is 1. The number of hydrogen-bond acceptors (Lipinski definition) is 38. The van der Waals surface area contributed by atoms with Gasteiger partial charge in [0.1, 0.15) is 79.0 Å². The number of anilines is 1. The Morgan fingerprint density at radius 1 is 0.471 bits per heavy atom. The summed E-state index contributed by atoms with van der Waals surface area (Å²) in [6.45, 7) is -6.06. The van der Waals surface area contributed by atoms with Gasteiger partial charge in [-0.15, -0.1) is 11.3 Å². The van der Waals surface area contributed by atoms with Crippen LogP contribution in [0.25, 0.3) is 22.2 Å². The molecule has 46 nitrogen and oxygen atoms in total. The molecule has 2 aromatic carbocycles. The number of aliphatic hydroxyl groups excluding tert-OH is 15. The van der Waals surface area contributed by atoms with Crippen LogP contribution in [0, 0.1) is 23.7 Å². The first kappa shape index (κ1) is 116. The molecule has 3 aromatic heterocycles. The van der Waals surface area contributed by atoms with Crippen molar-refractivity contribution in [2.45, 2.75) is 226 Å². The molecule has 1 aliphatic carbocycles. The first-order valence-corrected chi connectivity index (χ1v) is 48.7. The molecule has 138 heavy (non-hydrogen) atoms. The quantitative estimate of drug-likeness (QED) is 0.00763. The number of nitrogen functional groups attached to an aromatic ring is 1. The number of thiophene rings is 1. The molecule has 0 aliphatic heterocycles. The zero-order valence-electron chi connectivity index (χ0n) is 74.9. The lowest BCUT2D eigenvalue weighted by molar-refractivity contribution is -0.145. The Balaban J connectivity index is 1.19. The molecule has 29 N–H and O–H groups in total. The number of benzene rings is 2. The average molecular weight is 2020 g/mol. The molecule has 764 valence electrons. The Bertz CT molecular complexity index is 4920. The van der Waals surface area contributed by atoms with Crippen molar-refractivity contribution >= 4 is 150 Å². The summed E-state index contributed by atoms with van der Waals surface area (Å²) in [6.07, 6.45) is -35.3. The van der Waals surface area contributed by atoms with Crippen molar-refractivity contribution in [3.63, 3.8) is 0 Å². The van der Waals surface area contributed by atoms with Crippen molar-refractivity contribution < 1.29 is 174 Å². The monoisotopic (exact) mass is 2020 g/mol. The number of aliphatic carboxylic acids is 4. The van der Waals surface area contributed by atoms with E-state index in [0.717, 1.165) is 54.4 Å². The van der Waals surface area contributed by atoms with Crippen molar-refractivity contribution in [1.29, 1.82) is 0 Å². The number of nitrogens with two attached hydrogens (primary N) is 1. The van der Waals surface area contributed by atoms with Crippen molar-refractivity contribution in [3.05, 3.63) is 104 Å². The zero-order chi connectivity index (χ0) is 102. The molecule has 5 aromatic rings. The molecule has 6 amide bonds. The Kier molecular flexibility index (Phi) is 50.0. The summed E-state index contributed by atoms with van der Waals surface area (Å²) < 4.78 is 5.27. The number of H-pyrrole nitrogens is 2. The molecule has 19 atom stereocenters. The van der Waals surface area contributed by atoms with Gasteiger partial charge in [0.05, 0.1) is 66.4 Å². The van der Waals surface area contributed by atoms with Gasteiger partial charge in [0.2, 0.25) is 41.4 Å². The number of carbonyl (C=O) groups excluding carboxylic acids is 11. The van der Waals surface area contributed by atoms with Crippen molar-refractivity contribution in [2.75, 3.05) is 74.8 Å². The van der Waals surface area contributed by atoms with Gasteiger partial charge in [-0.2, -0.15) is 16.7 Å². The van der Waals surface area contributed by atoms with Gasteiger partial charge in [0, 0.05) is 148 Å². The van der Waals surface area contributed by atoms with Crippen LogP contribution in [0.3, 0.4) is 0 Å². The van der Waals surface area contributed by atoms with Gasteiger partial charge in [0.25, 0.3) is 5.56 Å². The minimum absolute atomic E-state index is 0.0409. The summed E-state index contributed by atoms with van der Waals surface area (Å²) in [6, 6.07) is 14.7. The van der Waals surface area contributed by atoms with Gasteiger partial charge in [-0.25, -0.2) is 4.79 Å². The Morgan fingerprint density at radius 3 is 1.36 bits per heavy atom. The number of rotatable bonds is 70. The predicted molar refractivity (Wildman–Crippen MR) is 495 cm³/mol. The van der Waals surface area contributed by atoms with E-state index in [0.29, 0.717) is 40.9 Å². The second-order valence-electron chi connectivity index (χ2n) is 33.2. The standard InChI is InChI=1S/C88H122N10O36S4/c89-88-97-81-54(85(129)98-88)34-47(93-81)6-5-7-49-16-19-68(138-49)61(105)33-46(86(130)131)15-25-74(119)134-27-29-136-137-42-58(87(132)133)96-84(128)45(14-22-71(114)92-37-64(108)77(122)80(125)67(111)40-101)32-60(104)57(18-24-73(117)118)95-83(127)44(13-21-70(113)91-36-63(107)76(121)79(124)66(110)39-100)31-59(103)56(17-23-72(115)116)94-82(126)43(12-20-69(112)90-35-62(106)75(120)78(123)65(109)38-99)30-48(102)26-28-135-41-55-52-10-3-1-8-50(52)51-9-2-4-11-53(51)55/h1-4,8-11,16,19,34,43-46,55-58,62-67,75-80,99-101,106-111,120-125H,5-7,12-15,17-18,20-33,35-42H2,(H,90,112)(H,91,113)(H,92,114)(H,94,126)(H,95,127)(H,96,128)(H,115,116)(H,117,118)(H,130,131)(H,132,133)(H4,89,93,97,98,129)/t43-,44-,45-,46-,56+,57+,58+,62+,63+,64+,65-,66-,67-,75-,76-,77-,78-,79-,80-/m1/s1. The lowest BCUT2D eigenvalue weighted by atomic mass is 9.89. The highest BCUT2D eigenvalue weighted by Gasteiger charge is 2.40. The second-order valence-corrected chi connectivity index (χ2v) is 38.1. The van der Waals surface area contributed by atoms with Crippen LogP contribution in [-0.2, 0) is 84.7 Å². The summed E-state index contributed by atoms with van der Waals surface area (Å²) in [5, 5.41) is 205. The number of Topliss-reactive ketones (excluding diaryl/α,β-unsaturated/α-hetero) is 4. The van der Waals surface area contributed by atoms with Crippen LogP contribution in [0.15, 0.2) is 71.5 Å². The summed E-state index contributed by atoms with van der Waals surface area (Å²) in [5.41, 5.74) is 10.5. The molecule has 0 spiro atoms. The number of ether oxygens (including phenoxy) is 1. The SMILES string of the molecule is Nc1nc2[nH]c(CCCc3ccc(C(=O)C[C@@H](CCC(=O)OCCSSC[C@H](NC(=O)[C@H](CCC(=O)NC[C@H](O)[C@@H](O)[C@H](O)[C@H](O)CO)CC(=O)[C@H](CCC(=O)O)NC(=O)[C@H](CCC(=O)NC[C@H](O)[C@@H](O)[C@H](O)[C@H](O)CO)CC(=O)[C@H](CCC(=O)O)NC(=O)[C@H](CCC(=O)NC[C@H](O)[C@@H](O)[C@H](O)[C@H](O)CO)CC(=O)CCSCC4c5ccccc5-c5ccccc54)C(=O)O)C(=O)O)s3)cc2c(=O)[nH]1. The Labute approximate surface area is 805 Å². The number of aromatic amines is 2. The van der Waals surface area contributed by atoms with E-state index in [4.69, 9.17) is 10.5 Å². The number of nitrogens with zero attached hydrogens (tertiary/aromatic N) is 1. The second kappa shape index (κ2) is 59.3. The van der Waals surface area contributed by atoms with E-state index in [-0.39, 0.29) is 42.8 Å². The third-order valence-corrected chi connectivity index (χ3v) is 27.5. The molecule has 6 rings (SSSR count). The van der Waals surface area contributed by atoms with Crippen molar-refractivity contribution in [3.8, 4) is 11.1 Å². The van der Waals surface area contributed by atoms with Gasteiger partial charge in [0.15, 0.2) is 17.3 Å². The minimum atomic E-state index is -2.21. The Morgan fingerprint density at radius 2 is 0.913 bits per heavy atom. The maximum Gasteiger partial charge on any atom is 0.327 e. The summed E-state index contributed by atoms with van der Waals surface area (Å²) in [4.78, 5) is 228. The molecular weight excluding hydrogens is 1900 g/mol. The van der Waals surface area contributed by atoms with E-state index in [2.05, 4.69) is 46.9 Å². The van der Waals surface area contributed by atoms with E-state index in [1.165, 1.54) is 23.1 Å². The highest BCUT2D eigenvalue weighted by Crippen LogP contribution is 2.46. The topological polar surface area (TPSA) is 809 Å². The number of aromatic nitrogens is 3. The number of aliphatic hydroxyl groups is 15.